The van der Waals surface area contributed by atoms with Gasteiger partial charge in [0.1, 0.15) is 0 Å². The number of halogens is 1. The molecule has 1 aliphatic heterocycles. The van der Waals surface area contributed by atoms with E-state index in [1.165, 1.54) is 5.56 Å². The van der Waals surface area contributed by atoms with Crippen molar-refractivity contribution in [3.05, 3.63) is 34.9 Å². The number of aryl methyl sites for hydroxylation is 2. The van der Waals surface area contributed by atoms with E-state index in [9.17, 15) is 9.59 Å². The summed E-state index contributed by atoms with van der Waals surface area (Å²) in [5.41, 5.74) is 2.46. The van der Waals surface area contributed by atoms with Crippen LogP contribution in [-0.2, 0) is 4.79 Å². The van der Waals surface area contributed by atoms with Gasteiger partial charge < -0.3 is 9.80 Å². The zero-order chi connectivity index (χ0) is 17.2. The SMILES string of the molecule is Cc1ccc(C(=O)N2CCN(C(=O)C(C)(C)CCl)CC2)cc1C. The average molecular weight is 337 g/mol. The Morgan fingerprint density at radius 1 is 1.04 bits per heavy atom. The highest BCUT2D eigenvalue weighted by Crippen LogP contribution is 2.22. The fourth-order valence-corrected chi connectivity index (χ4v) is 2.77. The first kappa shape index (κ1) is 17.8. The molecular formula is C18H25ClN2O2. The minimum absolute atomic E-state index is 0.0387. The summed E-state index contributed by atoms with van der Waals surface area (Å²) in [5, 5.41) is 0. The monoisotopic (exact) mass is 336 g/mol. The van der Waals surface area contributed by atoms with Crippen LogP contribution in [0.5, 0.6) is 0 Å². The van der Waals surface area contributed by atoms with Crippen LogP contribution < -0.4 is 0 Å². The van der Waals surface area contributed by atoms with Gasteiger partial charge in [0.25, 0.3) is 5.91 Å². The quantitative estimate of drug-likeness (QED) is 0.796. The zero-order valence-electron chi connectivity index (χ0n) is 14.4. The number of carbonyl (C=O) groups is 2. The van der Waals surface area contributed by atoms with E-state index >= 15 is 0 Å². The highest BCUT2D eigenvalue weighted by molar-refractivity contribution is 6.19. The van der Waals surface area contributed by atoms with Gasteiger partial charge in [-0.1, -0.05) is 6.07 Å². The number of carbonyl (C=O) groups excluding carboxylic acids is 2. The Labute approximate surface area is 143 Å². The molecule has 0 spiro atoms. The van der Waals surface area contributed by atoms with Crippen molar-refractivity contribution >= 4 is 23.4 Å². The first-order valence-corrected chi connectivity index (χ1v) is 8.51. The summed E-state index contributed by atoms with van der Waals surface area (Å²) < 4.78 is 0. The van der Waals surface area contributed by atoms with Crippen molar-refractivity contribution in [3.63, 3.8) is 0 Å². The summed E-state index contributed by atoms with van der Waals surface area (Å²) in [6, 6.07) is 5.79. The van der Waals surface area contributed by atoms with E-state index in [0.717, 1.165) is 5.56 Å². The Morgan fingerprint density at radius 3 is 2.13 bits per heavy atom. The topological polar surface area (TPSA) is 40.6 Å². The van der Waals surface area contributed by atoms with Crippen LogP contribution in [0.4, 0.5) is 0 Å². The number of piperazine rings is 1. The van der Waals surface area contributed by atoms with Gasteiger partial charge in [0.2, 0.25) is 5.91 Å². The maximum atomic E-state index is 12.6. The summed E-state index contributed by atoms with van der Waals surface area (Å²) in [7, 11) is 0. The predicted molar refractivity (Wildman–Crippen MR) is 92.9 cm³/mol. The lowest BCUT2D eigenvalue weighted by Crippen LogP contribution is -2.53. The normalized spacial score (nSPS) is 15.7. The second-order valence-corrected chi connectivity index (χ2v) is 7.17. The number of rotatable bonds is 3. The first-order chi connectivity index (χ1) is 10.8. The van der Waals surface area contributed by atoms with Crippen LogP contribution in [0.25, 0.3) is 0 Å². The lowest BCUT2D eigenvalue weighted by atomic mass is 9.94. The molecule has 4 nitrogen and oxygen atoms in total. The maximum absolute atomic E-state index is 12.6. The molecule has 0 unspecified atom stereocenters. The third-order valence-corrected chi connectivity index (χ3v) is 5.19. The summed E-state index contributed by atoms with van der Waals surface area (Å²) in [4.78, 5) is 28.6. The number of nitrogens with zero attached hydrogens (tertiary/aromatic N) is 2. The van der Waals surface area contributed by atoms with Gasteiger partial charge in [0.15, 0.2) is 0 Å². The molecule has 1 saturated heterocycles. The number of amides is 2. The average Bonchev–Trinajstić information content (AvgIpc) is 2.56. The van der Waals surface area contributed by atoms with E-state index in [4.69, 9.17) is 11.6 Å². The van der Waals surface area contributed by atoms with Crippen molar-refractivity contribution in [2.24, 2.45) is 5.41 Å². The molecule has 0 atom stereocenters. The molecule has 0 N–H and O–H groups in total. The standard InChI is InChI=1S/C18H25ClN2O2/c1-13-5-6-15(11-14(13)2)16(22)20-7-9-21(10-8-20)17(23)18(3,4)12-19/h5-6,11H,7-10,12H2,1-4H3. The molecule has 126 valence electrons. The molecule has 2 amide bonds. The molecule has 1 aliphatic rings. The minimum Gasteiger partial charge on any atom is -0.339 e. The Bertz CT molecular complexity index is 605. The van der Waals surface area contributed by atoms with Crippen molar-refractivity contribution in [1.82, 2.24) is 9.80 Å². The van der Waals surface area contributed by atoms with Gasteiger partial charge in [-0.3, -0.25) is 9.59 Å². The van der Waals surface area contributed by atoms with Gasteiger partial charge in [0.05, 0.1) is 5.41 Å². The predicted octanol–water partition coefficient (Wildman–Crippen LogP) is 2.85. The Morgan fingerprint density at radius 2 is 1.61 bits per heavy atom. The number of benzene rings is 1. The van der Waals surface area contributed by atoms with Crippen LogP contribution in [0.2, 0.25) is 0 Å². The van der Waals surface area contributed by atoms with Crippen molar-refractivity contribution < 1.29 is 9.59 Å². The van der Waals surface area contributed by atoms with E-state index in [1.807, 2.05) is 55.7 Å². The molecule has 0 aromatic heterocycles. The van der Waals surface area contributed by atoms with Crippen molar-refractivity contribution in [2.45, 2.75) is 27.7 Å². The third kappa shape index (κ3) is 3.86. The van der Waals surface area contributed by atoms with Crippen molar-refractivity contribution in [3.8, 4) is 0 Å². The molecule has 5 heteroatoms. The van der Waals surface area contributed by atoms with Crippen LogP contribution >= 0.6 is 11.6 Å². The molecule has 0 bridgehead atoms. The van der Waals surface area contributed by atoms with E-state index in [1.54, 1.807) is 0 Å². The van der Waals surface area contributed by atoms with E-state index in [0.29, 0.717) is 37.6 Å². The van der Waals surface area contributed by atoms with Crippen molar-refractivity contribution in [1.29, 1.82) is 0 Å². The first-order valence-electron chi connectivity index (χ1n) is 7.98. The Kier molecular flexibility index (Phi) is 5.35. The van der Waals surface area contributed by atoms with E-state index < -0.39 is 5.41 Å². The molecule has 23 heavy (non-hydrogen) atoms. The van der Waals surface area contributed by atoms with E-state index in [-0.39, 0.29) is 11.8 Å². The molecule has 1 fully saturated rings. The molecule has 0 saturated carbocycles. The highest BCUT2D eigenvalue weighted by atomic mass is 35.5. The van der Waals surface area contributed by atoms with Gasteiger partial charge in [-0.25, -0.2) is 0 Å². The second kappa shape index (κ2) is 6.91. The largest absolute Gasteiger partial charge is 0.339 e. The number of hydrogen-bond donors (Lipinski definition) is 0. The molecule has 1 aromatic rings. The fourth-order valence-electron chi connectivity index (χ4n) is 2.65. The number of alkyl halides is 1. The number of hydrogen-bond acceptors (Lipinski definition) is 2. The van der Waals surface area contributed by atoms with Crippen LogP contribution in [0.15, 0.2) is 18.2 Å². The fraction of sp³-hybridized carbons (Fsp3) is 0.556. The molecule has 0 radical (unpaired) electrons. The molecule has 2 rings (SSSR count). The Hall–Kier alpha value is -1.55. The smallest absolute Gasteiger partial charge is 0.253 e. The van der Waals surface area contributed by atoms with Gasteiger partial charge in [0, 0.05) is 37.6 Å². The van der Waals surface area contributed by atoms with Gasteiger partial charge in [-0.05, 0) is 51.0 Å². The van der Waals surface area contributed by atoms with Crippen LogP contribution in [0.3, 0.4) is 0 Å². The summed E-state index contributed by atoms with van der Waals surface area (Å²) >= 11 is 5.88. The van der Waals surface area contributed by atoms with Crippen LogP contribution in [0.1, 0.15) is 35.3 Å². The summed E-state index contributed by atoms with van der Waals surface area (Å²) in [5.74, 6) is 0.399. The maximum Gasteiger partial charge on any atom is 0.253 e. The van der Waals surface area contributed by atoms with Crippen LogP contribution in [0, 0.1) is 19.3 Å². The van der Waals surface area contributed by atoms with Gasteiger partial charge >= 0.3 is 0 Å². The summed E-state index contributed by atoms with van der Waals surface area (Å²) in [6.07, 6.45) is 0. The van der Waals surface area contributed by atoms with E-state index in [2.05, 4.69) is 0 Å². The van der Waals surface area contributed by atoms with Crippen molar-refractivity contribution in [2.75, 3.05) is 32.1 Å². The molecule has 1 heterocycles. The summed E-state index contributed by atoms with van der Waals surface area (Å²) in [6.45, 7) is 10.0. The lowest BCUT2D eigenvalue weighted by Gasteiger charge is -2.38. The molecule has 1 aromatic carbocycles. The third-order valence-electron chi connectivity index (χ3n) is 4.52. The van der Waals surface area contributed by atoms with Gasteiger partial charge in [-0.2, -0.15) is 0 Å². The molecular weight excluding hydrogens is 312 g/mol. The molecule has 0 aliphatic carbocycles. The lowest BCUT2D eigenvalue weighted by molar-refractivity contribution is -0.140. The van der Waals surface area contributed by atoms with Crippen LogP contribution in [-0.4, -0.2) is 53.7 Å². The highest BCUT2D eigenvalue weighted by Gasteiger charge is 2.33. The minimum atomic E-state index is -0.554. The zero-order valence-corrected chi connectivity index (χ0v) is 15.1. The second-order valence-electron chi connectivity index (χ2n) is 6.90. The Balaban J connectivity index is 2.00. The van der Waals surface area contributed by atoms with Gasteiger partial charge in [-0.15, -0.1) is 11.6 Å².